The molecule has 0 amide bonds. The monoisotopic (exact) mass is 188 g/mol. The average Bonchev–Trinajstić information content (AvgIpc) is 2.61. The Morgan fingerprint density at radius 1 is 1.50 bits per heavy atom. The molecule has 0 aliphatic heterocycles. The molecule has 0 saturated carbocycles. The molecule has 0 radical (unpaired) electrons. The highest BCUT2D eigenvalue weighted by Crippen LogP contribution is 2.18. The quantitative estimate of drug-likeness (QED) is 0.692. The van der Waals surface area contributed by atoms with Crippen LogP contribution in [0.1, 0.15) is 19.4 Å². The van der Waals surface area contributed by atoms with Crippen molar-refractivity contribution in [2.45, 2.75) is 19.4 Å². The van der Waals surface area contributed by atoms with E-state index in [1.807, 2.05) is 35.8 Å². The van der Waals surface area contributed by atoms with Gasteiger partial charge in [0.2, 0.25) is 0 Å². The molecule has 0 fully saturated rings. The molecule has 2 rings (SSSR count). The van der Waals surface area contributed by atoms with E-state index in [-0.39, 0.29) is 6.04 Å². The number of aldehydes is 1. The number of benzene rings is 1. The number of carbonyl (C=O) groups excluding carboxylic acids is 1. The van der Waals surface area contributed by atoms with Gasteiger partial charge in [-0.25, -0.2) is 4.98 Å². The molecular formula is C11H12N2O. The van der Waals surface area contributed by atoms with Gasteiger partial charge in [-0.3, -0.25) is 0 Å². The summed E-state index contributed by atoms with van der Waals surface area (Å²) in [4.78, 5) is 14.7. The third-order valence-electron chi connectivity index (χ3n) is 2.39. The van der Waals surface area contributed by atoms with E-state index in [4.69, 9.17) is 0 Å². The zero-order valence-electron chi connectivity index (χ0n) is 8.05. The summed E-state index contributed by atoms with van der Waals surface area (Å²) in [5, 5.41) is 0. The summed E-state index contributed by atoms with van der Waals surface area (Å²) >= 11 is 0. The molecule has 72 valence electrons. The van der Waals surface area contributed by atoms with Crippen LogP contribution in [0.15, 0.2) is 30.6 Å². The Balaban J connectivity index is 2.47. The summed E-state index contributed by atoms with van der Waals surface area (Å²) < 4.78 is 2.03. The maximum absolute atomic E-state index is 10.4. The minimum absolute atomic E-state index is 0.180. The molecule has 1 unspecified atom stereocenters. The van der Waals surface area contributed by atoms with Crippen LogP contribution in [-0.2, 0) is 4.79 Å². The van der Waals surface area contributed by atoms with Crippen LogP contribution in [-0.4, -0.2) is 15.8 Å². The Labute approximate surface area is 82.4 Å². The summed E-state index contributed by atoms with van der Waals surface area (Å²) in [5.41, 5.74) is 2.06. The van der Waals surface area contributed by atoms with Crippen molar-refractivity contribution in [2.24, 2.45) is 0 Å². The lowest BCUT2D eigenvalue weighted by atomic mass is 10.2. The van der Waals surface area contributed by atoms with E-state index in [0.29, 0.717) is 6.42 Å². The number of aromatic nitrogens is 2. The number of nitrogens with zero attached hydrogens (tertiary/aromatic N) is 2. The summed E-state index contributed by atoms with van der Waals surface area (Å²) in [6.45, 7) is 2.02. The van der Waals surface area contributed by atoms with Crippen molar-refractivity contribution >= 4 is 17.3 Å². The van der Waals surface area contributed by atoms with Crippen LogP contribution in [0.3, 0.4) is 0 Å². The first-order valence-electron chi connectivity index (χ1n) is 4.68. The van der Waals surface area contributed by atoms with E-state index < -0.39 is 0 Å². The summed E-state index contributed by atoms with van der Waals surface area (Å²) in [5.74, 6) is 0. The SMILES string of the molecule is CC(CC=O)n1cnc2ccccc21. The maximum Gasteiger partial charge on any atom is 0.122 e. The Morgan fingerprint density at radius 2 is 2.29 bits per heavy atom. The van der Waals surface area contributed by atoms with Crippen molar-refractivity contribution in [1.82, 2.24) is 9.55 Å². The molecule has 1 aromatic carbocycles. The molecule has 0 aliphatic rings. The number of rotatable bonds is 3. The van der Waals surface area contributed by atoms with Gasteiger partial charge in [0.05, 0.1) is 17.4 Å². The fourth-order valence-electron chi connectivity index (χ4n) is 1.58. The largest absolute Gasteiger partial charge is 0.327 e. The van der Waals surface area contributed by atoms with Crippen LogP contribution >= 0.6 is 0 Å². The predicted molar refractivity (Wildman–Crippen MR) is 55.1 cm³/mol. The number of hydrogen-bond acceptors (Lipinski definition) is 2. The number of hydrogen-bond donors (Lipinski definition) is 0. The van der Waals surface area contributed by atoms with E-state index >= 15 is 0 Å². The normalized spacial score (nSPS) is 12.9. The highest BCUT2D eigenvalue weighted by Gasteiger charge is 2.07. The van der Waals surface area contributed by atoms with Gasteiger partial charge < -0.3 is 9.36 Å². The summed E-state index contributed by atoms with van der Waals surface area (Å²) in [7, 11) is 0. The topological polar surface area (TPSA) is 34.9 Å². The molecule has 0 bridgehead atoms. The second kappa shape index (κ2) is 3.62. The molecule has 1 aromatic heterocycles. The standard InChI is InChI=1S/C11H12N2O/c1-9(6-7-14)13-8-12-10-4-2-3-5-11(10)13/h2-5,7-9H,6H2,1H3. The minimum Gasteiger partial charge on any atom is -0.327 e. The van der Waals surface area contributed by atoms with Crippen LogP contribution < -0.4 is 0 Å². The van der Waals surface area contributed by atoms with Gasteiger partial charge >= 0.3 is 0 Å². The number of imidazole rings is 1. The van der Waals surface area contributed by atoms with Crippen molar-refractivity contribution in [3.8, 4) is 0 Å². The van der Waals surface area contributed by atoms with Gasteiger partial charge in [-0.05, 0) is 19.1 Å². The Hall–Kier alpha value is -1.64. The first kappa shape index (κ1) is 8.94. The van der Waals surface area contributed by atoms with E-state index in [0.717, 1.165) is 17.3 Å². The molecule has 1 heterocycles. The zero-order chi connectivity index (χ0) is 9.97. The van der Waals surface area contributed by atoms with E-state index in [1.54, 1.807) is 6.33 Å². The van der Waals surface area contributed by atoms with Gasteiger partial charge in [-0.1, -0.05) is 12.1 Å². The second-order valence-corrected chi connectivity index (χ2v) is 3.39. The van der Waals surface area contributed by atoms with Crippen LogP contribution in [0.5, 0.6) is 0 Å². The minimum atomic E-state index is 0.180. The lowest BCUT2D eigenvalue weighted by Crippen LogP contribution is -2.03. The maximum atomic E-state index is 10.4. The number of para-hydroxylation sites is 2. The van der Waals surface area contributed by atoms with Gasteiger partial charge in [-0.15, -0.1) is 0 Å². The smallest absolute Gasteiger partial charge is 0.122 e. The third-order valence-corrected chi connectivity index (χ3v) is 2.39. The van der Waals surface area contributed by atoms with Crippen molar-refractivity contribution in [2.75, 3.05) is 0 Å². The van der Waals surface area contributed by atoms with Gasteiger partial charge in [0.25, 0.3) is 0 Å². The number of fused-ring (bicyclic) bond motifs is 1. The first-order valence-corrected chi connectivity index (χ1v) is 4.68. The van der Waals surface area contributed by atoms with Gasteiger partial charge in [0, 0.05) is 12.5 Å². The molecule has 0 spiro atoms. The Bertz CT molecular complexity index is 447. The average molecular weight is 188 g/mol. The van der Waals surface area contributed by atoms with Crippen molar-refractivity contribution in [3.05, 3.63) is 30.6 Å². The molecule has 0 aliphatic carbocycles. The molecule has 2 aromatic rings. The summed E-state index contributed by atoms with van der Waals surface area (Å²) in [6.07, 6.45) is 3.26. The molecule has 14 heavy (non-hydrogen) atoms. The first-order chi connectivity index (χ1) is 6.83. The Kier molecular flexibility index (Phi) is 2.31. The second-order valence-electron chi connectivity index (χ2n) is 3.39. The highest BCUT2D eigenvalue weighted by atomic mass is 16.1. The molecule has 1 atom stereocenters. The molecule has 0 saturated heterocycles. The van der Waals surface area contributed by atoms with Crippen molar-refractivity contribution in [3.63, 3.8) is 0 Å². The van der Waals surface area contributed by atoms with Crippen LogP contribution in [0.4, 0.5) is 0 Å². The summed E-state index contributed by atoms with van der Waals surface area (Å²) in [6, 6.07) is 8.11. The molecular weight excluding hydrogens is 176 g/mol. The van der Waals surface area contributed by atoms with Crippen LogP contribution in [0, 0.1) is 0 Å². The number of carbonyl (C=O) groups is 1. The van der Waals surface area contributed by atoms with E-state index in [9.17, 15) is 4.79 Å². The van der Waals surface area contributed by atoms with Gasteiger partial charge in [0.15, 0.2) is 0 Å². The van der Waals surface area contributed by atoms with Crippen LogP contribution in [0.2, 0.25) is 0 Å². The lowest BCUT2D eigenvalue weighted by Gasteiger charge is -2.10. The third kappa shape index (κ3) is 1.41. The lowest BCUT2D eigenvalue weighted by molar-refractivity contribution is -0.108. The van der Waals surface area contributed by atoms with Crippen molar-refractivity contribution < 1.29 is 4.79 Å². The van der Waals surface area contributed by atoms with Crippen LogP contribution in [0.25, 0.3) is 11.0 Å². The predicted octanol–water partition coefficient (Wildman–Crippen LogP) is 2.19. The molecule has 3 nitrogen and oxygen atoms in total. The molecule has 0 N–H and O–H groups in total. The highest BCUT2D eigenvalue weighted by molar-refractivity contribution is 5.75. The molecule has 3 heteroatoms. The van der Waals surface area contributed by atoms with Gasteiger partial charge in [0.1, 0.15) is 6.29 Å². The fraction of sp³-hybridized carbons (Fsp3) is 0.273. The van der Waals surface area contributed by atoms with E-state index in [2.05, 4.69) is 4.98 Å². The van der Waals surface area contributed by atoms with Gasteiger partial charge in [-0.2, -0.15) is 0 Å². The zero-order valence-corrected chi connectivity index (χ0v) is 8.05. The fourth-order valence-corrected chi connectivity index (χ4v) is 1.58. The van der Waals surface area contributed by atoms with Crippen molar-refractivity contribution in [1.29, 1.82) is 0 Å². The van der Waals surface area contributed by atoms with E-state index in [1.165, 1.54) is 0 Å². The Morgan fingerprint density at radius 3 is 3.07 bits per heavy atom.